The Bertz CT molecular complexity index is 442. The summed E-state index contributed by atoms with van der Waals surface area (Å²) >= 11 is 12.3. The summed E-state index contributed by atoms with van der Waals surface area (Å²) in [5.41, 5.74) is 0.699. The van der Waals surface area contributed by atoms with E-state index in [2.05, 4.69) is 32.6 Å². The van der Waals surface area contributed by atoms with Gasteiger partial charge in [-0.1, -0.05) is 50.9 Å². The van der Waals surface area contributed by atoms with Crippen molar-refractivity contribution in [2.24, 2.45) is 0 Å². The molecule has 0 saturated carbocycles. The fraction of sp³-hybridized carbons (Fsp3) is 0.647. The third-order valence-corrected chi connectivity index (χ3v) is 5.26. The highest BCUT2D eigenvalue weighted by Crippen LogP contribution is 2.32. The smallest absolute Gasteiger partial charge is 0.0764 e. The summed E-state index contributed by atoms with van der Waals surface area (Å²) in [4.78, 5) is 2.36. The van der Waals surface area contributed by atoms with E-state index in [-0.39, 0.29) is 5.54 Å². The van der Waals surface area contributed by atoms with Crippen molar-refractivity contribution in [2.45, 2.75) is 58.6 Å². The van der Waals surface area contributed by atoms with Crippen LogP contribution in [-0.4, -0.2) is 34.7 Å². The van der Waals surface area contributed by atoms with Crippen LogP contribution in [0.4, 0.5) is 0 Å². The van der Waals surface area contributed by atoms with Crippen molar-refractivity contribution in [2.75, 3.05) is 13.1 Å². The molecule has 0 spiro atoms. The lowest BCUT2D eigenvalue weighted by molar-refractivity contribution is -0.0340. The zero-order valence-corrected chi connectivity index (χ0v) is 15.0. The molecule has 0 aromatic heterocycles. The van der Waals surface area contributed by atoms with Crippen molar-refractivity contribution in [1.82, 2.24) is 4.90 Å². The van der Waals surface area contributed by atoms with Gasteiger partial charge in [0.25, 0.3) is 0 Å². The molecule has 0 bridgehead atoms. The number of nitrogens with zero attached hydrogens (tertiary/aromatic N) is 1. The maximum atomic E-state index is 10.9. The lowest BCUT2D eigenvalue weighted by Gasteiger charge is -2.46. The van der Waals surface area contributed by atoms with E-state index in [0.717, 1.165) is 31.5 Å². The summed E-state index contributed by atoms with van der Waals surface area (Å²) in [5, 5.41) is 12.2. The van der Waals surface area contributed by atoms with Crippen LogP contribution in [0.1, 0.15) is 46.1 Å². The van der Waals surface area contributed by atoms with Crippen LogP contribution in [0.5, 0.6) is 0 Å². The first-order valence-corrected chi connectivity index (χ1v) is 8.57. The van der Waals surface area contributed by atoms with Crippen LogP contribution in [0, 0.1) is 0 Å². The van der Waals surface area contributed by atoms with Crippen molar-refractivity contribution in [3.63, 3.8) is 0 Å². The maximum Gasteiger partial charge on any atom is 0.0764 e. The van der Waals surface area contributed by atoms with Gasteiger partial charge in [0, 0.05) is 22.0 Å². The van der Waals surface area contributed by atoms with Gasteiger partial charge in [-0.15, -0.1) is 0 Å². The SMILES string of the molecule is CCN(CC)C(CC)(CC)C(O)Cc1cc(Cl)ccc1Cl. The van der Waals surface area contributed by atoms with Crippen molar-refractivity contribution in [1.29, 1.82) is 0 Å². The summed E-state index contributed by atoms with van der Waals surface area (Å²) < 4.78 is 0. The first-order chi connectivity index (χ1) is 9.94. The molecule has 0 aliphatic rings. The second kappa shape index (κ2) is 8.38. The second-order valence-electron chi connectivity index (χ2n) is 5.44. The Morgan fingerprint density at radius 1 is 1.10 bits per heavy atom. The highest BCUT2D eigenvalue weighted by Gasteiger charge is 2.39. The number of hydrogen-bond donors (Lipinski definition) is 1. The van der Waals surface area contributed by atoms with Gasteiger partial charge in [0.05, 0.1) is 6.10 Å². The summed E-state index contributed by atoms with van der Waals surface area (Å²) in [6.07, 6.45) is 1.87. The minimum absolute atomic E-state index is 0.213. The quantitative estimate of drug-likeness (QED) is 0.739. The molecule has 0 amide bonds. The molecule has 2 nitrogen and oxygen atoms in total. The summed E-state index contributed by atoms with van der Waals surface area (Å²) in [6, 6.07) is 5.42. The molecule has 0 saturated heterocycles. The van der Waals surface area contributed by atoms with Gasteiger partial charge in [0.1, 0.15) is 0 Å². The zero-order chi connectivity index (χ0) is 16.0. The van der Waals surface area contributed by atoms with Gasteiger partial charge in [-0.2, -0.15) is 0 Å². The van der Waals surface area contributed by atoms with E-state index >= 15 is 0 Å². The fourth-order valence-electron chi connectivity index (χ4n) is 3.33. The molecule has 120 valence electrons. The molecule has 0 fully saturated rings. The van der Waals surface area contributed by atoms with E-state index < -0.39 is 6.10 Å². The first kappa shape index (κ1) is 18.8. The average Bonchev–Trinajstić information content (AvgIpc) is 2.48. The van der Waals surface area contributed by atoms with Gasteiger partial charge in [0.15, 0.2) is 0 Å². The lowest BCUT2D eigenvalue weighted by Crippen LogP contribution is -2.56. The fourth-order valence-corrected chi connectivity index (χ4v) is 3.72. The Kier molecular flexibility index (Phi) is 7.49. The van der Waals surface area contributed by atoms with Gasteiger partial charge in [0.2, 0.25) is 0 Å². The van der Waals surface area contributed by atoms with Crippen molar-refractivity contribution >= 4 is 23.2 Å². The molecule has 1 atom stereocenters. The lowest BCUT2D eigenvalue weighted by atomic mass is 9.81. The van der Waals surface area contributed by atoms with E-state index in [4.69, 9.17) is 23.2 Å². The Morgan fingerprint density at radius 2 is 1.67 bits per heavy atom. The average molecular weight is 332 g/mol. The van der Waals surface area contributed by atoms with Crippen LogP contribution in [0.2, 0.25) is 10.0 Å². The van der Waals surface area contributed by atoms with Gasteiger partial charge >= 0.3 is 0 Å². The normalized spacial score (nSPS) is 13.7. The molecule has 4 heteroatoms. The molecule has 0 heterocycles. The highest BCUT2D eigenvalue weighted by atomic mass is 35.5. The van der Waals surface area contributed by atoms with E-state index in [1.54, 1.807) is 12.1 Å². The first-order valence-electron chi connectivity index (χ1n) is 7.82. The van der Waals surface area contributed by atoms with Crippen LogP contribution < -0.4 is 0 Å². The van der Waals surface area contributed by atoms with E-state index in [9.17, 15) is 5.11 Å². The monoisotopic (exact) mass is 331 g/mol. The molecule has 0 aliphatic heterocycles. The highest BCUT2D eigenvalue weighted by molar-refractivity contribution is 6.33. The largest absolute Gasteiger partial charge is 0.391 e. The molecule has 0 aliphatic carbocycles. The standard InChI is InChI=1S/C17H27Cl2NO/c1-5-17(6-2,20(7-3)8-4)16(21)12-13-11-14(18)9-10-15(13)19/h9-11,16,21H,5-8,12H2,1-4H3. The van der Waals surface area contributed by atoms with Gasteiger partial charge in [-0.25, -0.2) is 0 Å². The van der Waals surface area contributed by atoms with Crippen molar-refractivity contribution in [3.05, 3.63) is 33.8 Å². The summed E-state index contributed by atoms with van der Waals surface area (Å²) in [7, 11) is 0. The number of aliphatic hydroxyl groups is 1. The number of hydrogen-bond acceptors (Lipinski definition) is 2. The Morgan fingerprint density at radius 3 is 2.14 bits per heavy atom. The van der Waals surface area contributed by atoms with Crippen molar-refractivity contribution in [3.8, 4) is 0 Å². The molecular formula is C17H27Cl2NO. The topological polar surface area (TPSA) is 23.5 Å². The van der Waals surface area contributed by atoms with Gasteiger partial charge in [-0.05, 0) is 49.7 Å². The number of aliphatic hydroxyl groups excluding tert-OH is 1. The number of halogens is 2. The Hall–Kier alpha value is -0.280. The van der Waals surface area contributed by atoms with E-state index in [1.807, 2.05) is 6.07 Å². The van der Waals surface area contributed by atoms with Crippen LogP contribution in [-0.2, 0) is 6.42 Å². The molecule has 1 aromatic rings. The number of benzene rings is 1. The zero-order valence-electron chi connectivity index (χ0n) is 13.5. The third kappa shape index (κ3) is 4.13. The van der Waals surface area contributed by atoms with Crippen LogP contribution in [0.15, 0.2) is 18.2 Å². The molecule has 1 aromatic carbocycles. The maximum absolute atomic E-state index is 10.9. The second-order valence-corrected chi connectivity index (χ2v) is 6.28. The van der Waals surface area contributed by atoms with Crippen LogP contribution in [0.25, 0.3) is 0 Å². The molecule has 21 heavy (non-hydrogen) atoms. The van der Waals surface area contributed by atoms with Crippen LogP contribution in [0.3, 0.4) is 0 Å². The van der Waals surface area contributed by atoms with Crippen molar-refractivity contribution < 1.29 is 5.11 Å². The van der Waals surface area contributed by atoms with E-state index in [0.29, 0.717) is 16.5 Å². The summed E-state index contributed by atoms with van der Waals surface area (Å²) in [6.45, 7) is 10.4. The van der Waals surface area contributed by atoms with E-state index in [1.165, 1.54) is 0 Å². The Labute approximate surface area is 139 Å². The molecule has 1 rings (SSSR count). The molecule has 0 radical (unpaired) electrons. The summed E-state index contributed by atoms with van der Waals surface area (Å²) in [5.74, 6) is 0. The van der Waals surface area contributed by atoms with Crippen LogP contribution >= 0.6 is 23.2 Å². The number of rotatable bonds is 8. The predicted octanol–water partition coefficient (Wildman–Crippen LogP) is 4.80. The van der Waals surface area contributed by atoms with Gasteiger partial charge in [-0.3, -0.25) is 4.90 Å². The molecule has 1 unspecified atom stereocenters. The predicted molar refractivity (Wildman–Crippen MR) is 92.4 cm³/mol. The molecular weight excluding hydrogens is 305 g/mol. The Balaban J connectivity index is 3.06. The van der Waals surface area contributed by atoms with Gasteiger partial charge < -0.3 is 5.11 Å². The third-order valence-electron chi connectivity index (χ3n) is 4.66. The minimum Gasteiger partial charge on any atom is -0.391 e. The minimum atomic E-state index is -0.469. The molecule has 1 N–H and O–H groups in total. The number of likely N-dealkylation sites (N-methyl/N-ethyl adjacent to an activating group) is 1.